The molecule has 0 aromatic heterocycles. The molecule has 0 unspecified atom stereocenters. The number of rotatable bonds is 9. The molecule has 0 aliphatic carbocycles. The molecule has 0 aliphatic heterocycles. The minimum absolute atomic E-state index is 0.0263. The van der Waals surface area contributed by atoms with Gasteiger partial charge in [0.2, 0.25) is 0 Å². The van der Waals surface area contributed by atoms with Crippen molar-refractivity contribution in [3.8, 4) is 0 Å². The number of nitrogens with two attached hydrogens (primary N) is 2. The van der Waals surface area contributed by atoms with Crippen molar-refractivity contribution in [1.82, 2.24) is 0 Å². The van der Waals surface area contributed by atoms with E-state index in [1.807, 2.05) is 0 Å². The second kappa shape index (κ2) is 10.2. The zero-order chi connectivity index (χ0) is 29.8. The van der Waals surface area contributed by atoms with Crippen LogP contribution in [0.2, 0.25) is 0 Å². The third-order valence-corrected chi connectivity index (χ3v) is 6.88. The molecule has 0 saturated heterocycles. The minimum Gasteiger partial charge on any atom is -0.398 e. The molecule has 0 amide bonds. The molecular formula is C28H36F8N2. The first-order chi connectivity index (χ1) is 17.0. The Bertz CT molecular complexity index is 1020. The summed E-state index contributed by atoms with van der Waals surface area (Å²) < 4.78 is 122. The molecule has 0 atom stereocenters. The summed E-state index contributed by atoms with van der Waals surface area (Å²) in [6.45, 7) is 12.4. The van der Waals surface area contributed by atoms with Gasteiger partial charge in [0.05, 0.1) is 0 Å². The lowest BCUT2D eigenvalue weighted by Gasteiger charge is -2.38. The van der Waals surface area contributed by atoms with Crippen molar-refractivity contribution >= 4 is 11.4 Å². The van der Waals surface area contributed by atoms with E-state index in [0.29, 0.717) is 24.3 Å². The van der Waals surface area contributed by atoms with Crippen LogP contribution in [-0.2, 0) is 11.8 Å². The molecule has 10 heteroatoms. The zero-order valence-electron chi connectivity index (χ0n) is 22.8. The van der Waals surface area contributed by atoms with E-state index in [-0.39, 0.29) is 33.6 Å². The number of benzene rings is 2. The van der Waals surface area contributed by atoms with E-state index >= 15 is 35.1 Å². The molecule has 2 nitrogen and oxygen atoms in total. The van der Waals surface area contributed by atoms with Crippen molar-refractivity contribution in [2.75, 3.05) is 11.5 Å². The van der Waals surface area contributed by atoms with Crippen LogP contribution < -0.4 is 11.5 Å². The SMILES string of the molecule is CC(C)c1cc(C(F)(F)C(F)(F)C(F)(F)C(F)(F)c2cc(C(C)C)c(N)c(C(C)C)c2)cc(C(C)C)c1N. The molecule has 0 heterocycles. The van der Waals surface area contributed by atoms with E-state index in [2.05, 4.69) is 0 Å². The van der Waals surface area contributed by atoms with Crippen LogP contribution in [0.4, 0.5) is 46.5 Å². The summed E-state index contributed by atoms with van der Waals surface area (Å²) in [6, 6.07) is 2.35. The molecule has 0 aliphatic rings. The van der Waals surface area contributed by atoms with E-state index in [4.69, 9.17) is 11.5 Å². The van der Waals surface area contributed by atoms with Gasteiger partial charge in [0, 0.05) is 22.5 Å². The van der Waals surface area contributed by atoms with Crippen LogP contribution in [0.3, 0.4) is 0 Å². The Balaban J connectivity index is 2.80. The van der Waals surface area contributed by atoms with E-state index < -0.39 is 58.5 Å². The Morgan fingerprint density at radius 3 is 0.789 bits per heavy atom. The van der Waals surface area contributed by atoms with Gasteiger partial charge in [-0.3, -0.25) is 0 Å². The van der Waals surface area contributed by atoms with Gasteiger partial charge >= 0.3 is 23.7 Å². The van der Waals surface area contributed by atoms with Crippen molar-refractivity contribution in [3.63, 3.8) is 0 Å². The second-order valence-corrected chi connectivity index (χ2v) is 11.1. The van der Waals surface area contributed by atoms with Gasteiger partial charge in [0.1, 0.15) is 0 Å². The fourth-order valence-electron chi connectivity index (χ4n) is 4.43. The van der Waals surface area contributed by atoms with Gasteiger partial charge in [0.15, 0.2) is 0 Å². The average molecular weight is 553 g/mol. The highest BCUT2D eigenvalue weighted by Gasteiger charge is 2.81. The van der Waals surface area contributed by atoms with Crippen LogP contribution >= 0.6 is 0 Å². The van der Waals surface area contributed by atoms with Crippen molar-refractivity contribution in [2.24, 2.45) is 0 Å². The lowest BCUT2D eigenvalue weighted by molar-refractivity contribution is -0.374. The van der Waals surface area contributed by atoms with E-state index in [1.54, 1.807) is 55.4 Å². The summed E-state index contributed by atoms with van der Waals surface area (Å²) in [5.41, 5.74) is 9.22. The van der Waals surface area contributed by atoms with Crippen molar-refractivity contribution < 1.29 is 35.1 Å². The maximum absolute atomic E-state index is 15.3. The lowest BCUT2D eigenvalue weighted by Crippen LogP contribution is -2.59. The molecular weight excluding hydrogens is 516 g/mol. The topological polar surface area (TPSA) is 52.0 Å². The minimum atomic E-state index is -6.49. The first-order valence-corrected chi connectivity index (χ1v) is 12.4. The highest BCUT2D eigenvalue weighted by molar-refractivity contribution is 5.60. The van der Waals surface area contributed by atoms with E-state index in [0.717, 1.165) is 0 Å². The van der Waals surface area contributed by atoms with Crippen molar-refractivity contribution in [2.45, 2.75) is 103 Å². The largest absolute Gasteiger partial charge is 0.398 e. The van der Waals surface area contributed by atoms with Crippen LogP contribution in [0.25, 0.3) is 0 Å². The van der Waals surface area contributed by atoms with Crippen LogP contribution in [0.1, 0.15) is 112 Å². The van der Waals surface area contributed by atoms with Gasteiger partial charge in [-0.15, -0.1) is 0 Å². The zero-order valence-corrected chi connectivity index (χ0v) is 22.8. The van der Waals surface area contributed by atoms with Gasteiger partial charge in [-0.1, -0.05) is 55.4 Å². The van der Waals surface area contributed by atoms with Crippen LogP contribution in [-0.4, -0.2) is 11.8 Å². The molecule has 0 saturated carbocycles. The summed E-state index contributed by atoms with van der Waals surface area (Å²) >= 11 is 0. The number of anilines is 2. The molecule has 4 N–H and O–H groups in total. The van der Waals surface area contributed by atoms with Crippen molar-refractivity contribution in [1.29, 1.82) is 0 Å². The van der Waals surface area contributed by atoms with Crippen LogP contribution in [0.15, 0.2) is 24.3 Å². The highest BCUT2D eigenvalue weighted by Crippen LogP contribution is 2.60. The molecule has 214 valence electrons. The quantitative estimate of drug-likeness (QED) is 0.240. The number of hydrogen-bond donors (Lipinski definition) is 2. The number of hydrogen-bond acceptors (Lipinski definition) is 2. The monoisotopic (exact) mass is 552 g/mol. The summed E-state index contributed by atoms with van der Waals surface area (Å²) in [6.07, 6.45) is 0. The Labute approximate surface area is 218 Å². The first kappa shape index (κ1) is 31.7. The molecule has 0 bridgehead atoms. The lowest BCUT2D eigenvalue weighted by atomic mass is 9.83. The van der Waals surface area contributed by atoms with Gasteiger partial charge in [0.25, 0.3) is 0 Å². The fraction of sp³-hybridized carbons (Fsp3) is 0.571. The van der Waals surface area contributed by atoms with Crippen LogP contribution in [0.5, 0.6) is 0 Å². The summed E-state index contributed by atoms with van der Waals surface area (Å²) in [5.74, 6) is -26.4. The Kier molecular flexibility index (Phi) is 8.53. The highest BCUT2D eigenvalue weighted by atomic mass is 19.4. The Morgan fingerprint density at radius 1 is 0.447 bits per heavy atom. The predicted molar refractivity (Wildman–Crippen MR) is 136 cm³/mol. The smallest absolute Gasteiger partial charge is 0.382 e. The Morgan fingerprint density at radius 2 is 0.632 bits per heavy atom. The summed E-state index contributed by atoms with van der Waals surface area (Å²) in [5, 5.41) is 0. The third-order valence-electron chi connectivity index (χ3n) is 6.88. The predicted octanol–water partition coefficient (Wildman–Crippen LogP) is 9.50. The molecule has 0 radical (unpaired) electrons. The maximum atomic E-state index is 15.3. The normalized spacial score (nSPS) is 13.9. The number of halogens is 8. The molecule has 2 aromatic carbocycles. The third kappa shape index (κ3) is 4.95. The van der Waals surface area contributed by atoms with Gasteiger partial charge in [-0.2, -0.15) is 35.1 Å². The van der Waals surface area contributed by atoms with Crippen LogP contribution in [0, 0.1) is 0 Å². The molecule has 0 fully saturated rings. The molecule has 2 rings (SSSR count). The van der Waals surface area contributed by atoms with Gasteiger partial charge < -0.3 is 11.5 Å². The molecule has 2 aromatic rings. The maximum Gasteiger partial charge on any atom is 0.382 e. The van der Waals surface area contributed by atoms with Gasteiger partial charge in [-0.05, 0) is 70.2 Å². The first-order valence-electron chi connectivity index (χ1n) is 12.4. The Hall–Kier alpha value is -2.52. The van der Waals surface area contributed by atoms with E-state index in [1.165, 1.54) is 0 Å². The van der Waals surface area contributed by atoms with E-state index in [9.17, 15) is 0 Å². The summed E-state index contributed by atoms with van der Waals surface area (Å²) in [7, 11) is 0. The average Bonchev–Trinajstić information content (AvgIpc) is 2.77. The van der Waals surface area contributed by atoms with Gasteiger partial charge in [-0.25, -0.2) is 0 Å². The fourth-order valence-corrected chi connectivity index (χ4v) is 4.43. The van der Waals surface area contributed by atoms with Crippen molar-refractivity contribution in [3.05, 3.63) is 57.6 Å². The number of nitrogen functional groups attached to an aromatic ring is 2. The second-order valence-electron chi connectivity index (χ2n) is 11.1. The number of alkyl halides is 8. The molecule has 38 heavy (non-hydrogen) atoms. The molecule has 0 spiro atoms. The summed E-state index contributed by atoms with van der Waals surface area (Å²) in [4.78, 5) is 0. The standard InChI is InChI=1S/C28H36F8N2/c1-13(2)19-9-17(10-20(14(3)4)23(19)37)25(29,30)27(33,34)28(35,36)26(31,32)18-11-21(15(5)6)24(38)22(12-18)16(7)8/h9-16H,37-38H2,1-8H3.